The molecule has 0 fully saturated rings. The Kier molecular flexibility index (Phi) is 4.26. The summed E-state index contributed by atoms with van der Waals surface area (Å²) < 4.78 is 11.7. The van der Waals surface area contributed by atoms with Gasteiger partial charge in [0.25, 0.3) is 0 Å². The fourth-order valence-electron chi connectivity index (χ4n) is 1.92. The van der Waals surface area contributed by atoms with E-state index < -0.39 is 7.12 Å². The SMILES string of the molecule is NCC1OB(O)c2c(OCCO)ccc(I)c21. The minimum absolute atomic E-state index is 0.0714. The molecule has 0 amide bonds. The molecule has 1 atom stereocenters. The molecule has 0 radical (unpaired) electrons. The Labute approximate surface area is 113 Å². The smallest absolute Gasteiger partial charge is 0.492 e. The van der Waals surface area contributed by atoms with Gasteiger partial charge in [-0.1, -0.05) is 0 Å². The van der Waals surface area contributed by atoms with Crippen molar-refractivity contribution in [2.24, 2.45) is 5.73 Å². The van der Waals surface area contributed by atoms with Crippen molar-refractivity contribution in [3.63, 3.8) is 0 Å². The first-order valence-corrected chi connectivity index (χ1v) is 6.36. The molecule has 1 aromatic carbocycles. The molecule has 0 saturated carbocycles. The normalized spacial score (nSPS) is 18.4. The summed E-state index contributed by atoms with van der Waals surface area (Å²) in [5.41, 5.74) is 7.12. The van der Waals surface area contributed by atoms with Crippen molar-refractivity contribution in [3.8, 4) is 5.75 Å². The van der Waals surface area contributed by atoms with E-state index in [0.29, 0.717) is 17.8 Å². The molecule has 0 aliphatic carbocycles. The average Bonchev–Trinajstić information content (AvgIpc) is 2.67. The minimum Gasteiger partial charge on any atom is -0.492 e. The van der Waals surface area contributed by atoms with E-state index in [9.17, 15) is 5.02 Å². The van der Waals surface area contributed by atoms with Crippen LogP contribution < -0.4 is 15.9 Å². The molecule has 1 unspecified atom stereocenters. The third-order valence-electron chi connectivity index (χ3n) is 2.62. The summed E-state index contributed by atoms with van der Waals surface area (Å²) >= 11 is 2.18. The number of hydrogen-bond donors (Lipinski definition) is 3. The van der Waals surface area contributed by atoms with Crippen molar-refractivity contribution in [3.05, 3.63) is 21.3 Å². The number of hydrogen-bond acceptors (Lipinski definition) is 5. The van der Waals surface area contributed by atoms with Crippen LogP contribution in [0.25, 0.3) is 0 Å². The molecule has 0 spiro atoms. The lowest BCUT2D eigenvalue weighted by Gasteiger charge is -2.13. The van der Waals surface area contributed by atoms with E-state index in [1.54, 1.807) is 6.07 Å². The molecular weight excluding hydrogens is 336 g/mol. The Morgan fingerprint density at radius 3 is 2.94 bits per heavy atom. The number of aliphatic hydroxyl groups is 1. The minimum atomic E-state index is -1.01. The second-order valence-electron chi connectivity index (χ2n) is 3.66. The number of aliphatic hydroxyl groups excluding tert-OH is 1. The Hall–Kier alpha value is -0.345. The maximum atomic E-state index is 9.86. The zero-order valence-corrected chi connectivity index (χ0v) is 11.3. The molecule has 5 nitrogen and oxygen atoms in total. The van der Waals surface area contributed by atoms with Crippen LogP contribution in [0.15, 0.2) is 12.1 Å². The fourth-order valence-corrected chi connectivity index (χ4v) is 2.74. The van der Waals surface area contributed by atoms with Gasteiger partial charge in [0.15, 0.2) is 0 Å². The lowest BCUT2D eigenvalue weighted by atomic mass is 9.78. The second-order valence-corrected chi connectivity index (χ2v) is 4.82. The van der Waals surface area contributed by atoms with Crippen LogP contribution in [-0.4, -0.2) is 37.0 Å². The van der Waals surface area contributed by atoms with E-state index in [0.717, 1.165) is 9.13 Å². The second kappa shape index (κ2) is 5.53. The number of rotatable bonds is 4. The predicted octanol–water partition coefficient (Wildman–Crippen LogP) is -0.620. The third kappa shape index (κ3) is 2.43. The third-order valence-corrected chi connectivity index (χ3v) is 3.56. The van der Waals surface area contributed by atoms with E-state index in [-0.39, 0.29) is 19.3 Å². The zero-order chi connectivity index (χ0) is 12.4. The molecule has 1 heterocycles. The average molecular weight is 349 g/mol. The first-order valence-electron chi connectivity index (χ1n) is 5.28. The number of halogens is 1. The summed E-state index contributed by atoms with van der Waals surface area (Å²) in [6.45, 7) is 0.425. The van der Waals surface area contributed by atoms with Gasteiger partial charge in [0, 0.05) is 15.6 Å². The monoisotopic (exact) mass is 349 g/mol. The van der Waals surface area contributed by atoms with Crippen molar-refractivity contribution in [2.45, 2.75) is 6.10 Å². The van der Waals surface area contributed by atoms with E-state index in [2.05, 4.69) is 22.6 Å². The van der Waals surface area contributed by atoms with Gasteiger partial charge >= 0.3 is 7.12 Å². The summed E-state index contributed by atoms with van der Waals surface area (Å²) in [4.78, 5) is 0. The maximum Gasteiger partial charge on any atom is 0.495 e. The van der Waals surface area contributed by atoms with Crippen LogP contribution in [0.3, 0.4) is 0 Å². The van der Waals surface area contributed by atoms with E-state index in [1.165, 1.54) is 0 Å². The molecular formula is C10H13BINO4. The summed E-state index contributed by atoms with van der Waals surface area (Å²) in [5, 5.41) is 18.6. The first-order chi connectivity index (χ1) is 8.19. The summed E-state index contributed by atoms with van der Waals surface area (Å²) in [6, 6.07) is 3.65. The Morgan fingerprint density at radius 2 is 2.29 bits per heavy atom. The molecule has 17 heavy (non-hydrogen) atoms. The number of ether oxygens (including phenoxy) is 1. The number of benzene rings is 1. The Morgan fingerprint density at radius 1 is 1.53 bits per heavy atom. The van der Waals surface area contributed by atoms with E-state index in [4.69, 9.17) is 20.2 Å². The van der Waals surface area contributed by atoms with Gasteiger partial charge in [-0.2, -0.15) is 0 Å². The zero-order valence-electron chi connectivity index (χ0n) is 9.10. The maximum absolute atomic E-state index is 9.86. The van der Waals surface area contributed by atoms with Crippen LogP contribution in [-0.2, 0) is 4.65 Å². The van der Waals surface area contributed by atoms with Crippen molar-refractivity contribution >= 4 is 35.2 Å². The molecule has 4 N–H and O–H groups in total. The highest BCUT2D eigenvalue weighted by Crippen LogP contribution is 2.30. The lowest BCUT2D eigenvalue weighted by Crippen LogP contribution is -2.30. The molecule has 0 bridgehead atoms. The van der Waals surface area contributed by atoms with Crippen molar-refractivity contribution in [2.75, 3.05) is 19.8 Å². The van der Waals surface area contributed by atoms with Crippen molar-refractivity contribution in [1.29, 1.82) is 0 Å². The highest BCUT2D eigenvalue weighted by Gasteiger charge is 2.38. The molecule has 92 valence electrons. The van der Waals surface area contributed by atoms with Crippen LogP contribution in [0.2, 0.25) is 0 Å². The van der Waals surface area contributed by atoms with Crippen LogP contribution in [0, 0.1) is 3.57 Å². The number of nitrogens with two attached hydrogens (primary N) is 1. The molecule has 1 aliphatic rings. The molecule has 1 aliphatic heterocycles. The highest BCUT2D eigenvalue weighted by atomic mass is 127. The van der Waals surface area contributed by atoms with Gasteiger partial charge in [-0.05, 0) is 40.3 Å². The standard InChI is InChI=1S/C10H13BINO4/c12-6-1-2-7(16-4-3-14)10-9(6)8(5-13)17-11(10)15/h1-2,8,14-15H,3-5,13H2. The van der Waals surface area contributed by atoms with Crippen LogP contribution in [0.4, 0.5) is 0 Å². The molecule has 1 aromatic rings. The van der Waals surface area contributed by atoms with Crippen molar-refractivity contribution < 1.29 is 19.5 Å². The molecule has 0 saturated heterocycles. The molecule has 2 rings (SSSR count). The molecule has 0 aromatic heterocycles. The van der Waals surface area contributed by atoms with Gasteiger partial charge in [0.05, 0.1) is 12.7 Å². The topological polar surface area (TPSA) is 84.9 Å². The number of fused-ring (bicyclic) bond motifs is 1. The van der Waals surface area contributed by atoms with Gasteiger partial charge in [-0.15, -0.1) is 0 Å². The summed E-state index contributed by atoms with van der Waals surface area (Å²) in [6.07, 6.45) is -0.301. The summed E-state index contributed by atoms with van der Waals surface area (Å²) in [7, 11) is -1.01. The van der Waals surface area contributed by atoms with Gasteiger partial charge < -0.3 is 25.3 Å². The van der Waals surface area contributed by atoms with Crippen molar-refractivity contribution in [1.82, 2.24) is 0 Å². The molecule has 7 heteroatoms. The fraction of sp³-hybridized carbons (Fsp3) is 0.400. The summed E-state index contributed by atoms with van der Waals surface area (Å²) in [5.74, 6) is 0.540. The van der Waals surface area contributed by atoms with Crippen LogP contribution in [0.5, 0.6) is 5.75 Å². The van der Waals surface area contributed by atoms with E-state index >= 15 is 0 Å². The van der Waals surface area contributed by atoms with Gasteiger partial charge in [0.2, 0.25) is 0 Å². The van der Waals surface area contributed by atoms with Gasteiger partial charge in [-0.3, -0.25) is 0 Å². The largest absolute Gasteiger partial charge is 0.495 e. The van der Waals surface area contributed by atoms with Crippen LogP contribution >= 0.6 is 22.6 Å². The highest BCUT2D eigenvalue weighted by molar-refractivity contribution is 14.1. The Balaban J connectivity index is 2.42. The van der Waals surface area contributed by atoms with Crippen LogP contribution in [0.1, 0.15) is 11.7 Å². The first kappa shape index (κ1) is 13.1. The predicted molar refractivity (Wildman–Crippen MR) is 72.2 cm³/mol. The van der Waals surface area contributed by atoms with Gasteiger partial charge in [-0.25, -0.2) is 0 Å². The van der Waals surface area contributed by atoms with E-state index in [1.807, 2.05) is 6.07 Å². The quantitative estimate of drug-likeness (QED) is 0.499. The lowest BCUT2D eigenvalue weighted by molar-refractivity contribution is 0.196. The van der Waals surface area contributed by atoms with Gasteiger partial charge in [0.1, 0.15) is 12.4 Å². The Bertz CT molecular complexity index is 418.